The van der Waals surface area contributed by atoms with Crippen LogP contribution < -0.4 is 10.6 Å². The van der Waals surface area contributed by atoms with Gasteiger partial charge in [-0.05, 0) is 55.4 Å². The lowest BCUT2D eigenvalue weighted by molar-refractivity contribution is -0.147. The molecule has 2 aromatic rings. The highest BCUT2D eigenvalue weighted by atomic mass is 19.1. The first kappa shape index (κ1) is 32.2. The molecular weight excluding hydrogens is 547 g/mol. The first-order valence-electron chi connectivity index (χ1n) is 15.4. The number of rotatable bonds is 9. The largest absolute Gasteiger partial charge is 0.355 e. The number of halogens is 1. The van der Waals surface area contributed by atoms with E-state index in [1.54, 1.807) is 35.8 Å². The smallest absolute Gasteiger partial charge is 0.243 e. The molecule has 43 heavy (non-hydrogen) atoms. The zero-order valence-corrected chi connectivity index (χ0v) is 25.9. The number of benzene rings is 2. The minimum Gasteiger partial charge on any atom is -0.355 e. The fraction of sp³-hybridized carbons (Fsp3) is 0.529. The zero-order chi connectivity index (χ0) is 31.3. The fourth-order valence-electron chi connectivity index (χ4n) is 6.00. The average Bonchev–Trinajstić information content (AvgIpc) is 3.38. The molecule has 9 heteroatoms. The molecule has 0 bridgehead atoms. The Kier molecular flexibility index (Phi) is 10.6. The summed E-state index contributed by atoms with van der Waals surface area (Å²) in [5, 5.41) is 6.04. The molecule has 232 valence electrons. The van der Waals surface area contributed by atoms with Crippen LogP contribution in [0, 0.1) is 30.5 Å². The summed E-state index contributed by atoms with van der Waals surface area (Å²) >= 11 is 0. The Balaban J connectivity index is 1.59. The molecule has 4 rings (SSSR count). The predicted octanol–water partition coefficient (Wildman–Crippen LogP) is 4.37. The molecule has 0 aliphatic carbocycles. The number of carbonyl (C=O) groups is 4. The summed E-state index contributed by atoms with van der Waals surface area (Å²) in [4.78, 5) is 57.2. The first-order valence-corrected chi connectivity index (χ1v) is 15.4. The molecule has 2 aromatic carbocycles. The SMILES string of the molecule is Cc1ccc(C(NC(=O)[C@@H]2CC[C@@H]3CCN(C(=O)CC(C)C)C[C@H](CNC(=O)C(C)C)C(=O)N32)c2ccc(F)cc2)cc1. The van der Waals surface area contributed by atoms with Crippen LogP contribution in [-0.4, -0.2) is 65.1 Å². The van der Waals surface area contributed by atoms with Crippen molar-refractivity contribution in [3.05, 3.63) is 71.0 Å². The van der Waals surface area contributed by atoms with Crippen LogP contribution in [0.3, 0.4) is 0 Å². The summed E-state index contributed by atoms with van der Waals surface area (Å²) in [5.74, 6) is -1.74. The Morgan fingerprint density at radius 1 is 0.930 bits per heavy atom. The molecule has 2 aliphatic heterocycles. The van der Waals surface area contributed by atoms with E-state index < -0.39 is 18.0 Å². The third-order valence-electron chi connectivity index (χ3n) is 8.47. The average molecular weight is 593 g/mol. The molecule has 4 atom stereocenters. The molecular formula is C34H45FN4O4. The van der Waals surface area contributed by atoms with E-state index in [4.69, 9.17) is 0 Å². The second-order valence-corrected chi connectivity index (χ2v) is 12.7. The minimum atomic E-state index is -0.688. The molecule has 0 spiro atoms. The van der Waals surface area contributed by atoms with E-state index in [1.807, 2.05) is 45.0 Å². The molecule has 2 N–H and O–H groups in total. The number of hydrogen-bond acceptors (Lipinski definition) is 4. The van der Waals surface area contributed by atoms with Gasteiger partial charge < -0.3 is 20.4 Å². The molecule has 8 nitrogen and oxygen atoms in total. The maximum atomic E-state index is 14.2. The van der Waals surface area contributed by atoms with Gasteiger partial charge in [0.2, 0.25) is 23.6 Å². The van der Waals surface area contributed by atoms with Crippen molar-refractivity contribution >= 4 is 23.6 Å². The Labute approximate surface area is 254 Å². The molecule has 0 saturated carbocycles. The third kappa shape index (κ3) is 8.00. The van der Waals surface area contributed by atoms with Gasteiger partial charge in [0.15, 0.2) is 0 Å². The highest BCUT2D eigenvalue weighted by Gasteiger charge is 2.45. The number of fused-ring (bicyclic) bond motifs is 1. The van der Waals surface area contributed by atoms with Gasteiger partial charge in [-0.1, -0.05) is 69.7 Å². The summed E-state index contributed by atoms with van der Waals surface area (Å²) in [6, 6.07) is 12.5. The summed E-state index contributed by atoms with van der Waals surface area (Å²) in [7, 11) is 0. The van der Waals surface area contributed by atoms with Crippen LogP contribution >= 0.6 is 0 Å². The van der Waals surface area contributed by atoms with Crippen LogP contribution in [0.2, 0.25) is 0 Å². The molecule has 1 unspecified atom stereocenters. The van der Waals surface area contributed by atoms with Gasteiger partial charge in [-0.25, -0.2) is 4.39 Å². The fourth-order valence-corrected chi connectivity index (χ4v) is 6.00. The number of nitrogens with zero attached hydrogens (tertiary/aromatic N) is 2. The van der Waals surface area contributed by atoms with Gasteiger partial charge in [0.05, 0.1) is 12.0 Å². The van der Waals surface area contributed by atoms with Crippen LogP contribution in [0.1, 0.15) is 76.1 Å². The molecule has 4 amide bonds. The van der Waals surface area contributed by atoms with Gasteiger partial charge in [0.25, 0.3) is 0 Å². The van der Waals surface area contributed by atoms with Crippen molar-refractivity contribution in [2.24, 2.45) is 17.8 Å². The number of nitrogens with one attached hydrogen (secondary N) is 2. The monoisotopic (exact) mass is 592 g/mol. The van der Waals surface area contributed by atoms with Gasteiger partial charge in [-0.3, -0.25) is 19.2 Å². The van der Waals surface area contributed by atoms with Gasteiger partial charge >= 0.3 is 0 Å². The van der Waals surface area contributed by atoms with E-state index in [0.717, 1.165) is 16.7 Å². The lowest BCUT2D eigenvalue weighted by atomic mass is 9.97. The summed E-state index contributed by atoms with van der Waals surface area (Å²) in [6.07, 6.45) is 2.12. The summed E-state index contributed by atoms with van der Waals surface area (Å²) < 4.78 is 13.8. The van der Waals surface area contributed by atoms with Crippen molar-refractivity contribution < 1.29 is 23.6 Å². The van der Waals surface area contributed by atoms with Crippen LogP contribution in [0.15, 0.2) is 48.5 Å². The third-order valence-corrected chi connectivity index (χ3v) is 8.47. The molecule has 2 heterocycles. The minimum absolute atomic E-state index is 0.00367. The van der Waals surface area contributed by atoms with Crippen LogP contribution in [-0.2, 0) is 19.2 Å². The molecule has 0 aromatic heterocycles. The standard InChI is InChI=1S/C34H45FN4O4/c1-21(2)18-30(40)38-17-16-28-14-15-29(39(28)34(43)26(20-38)19-36-32(41)22(3)4)33(42)37-31(24-8-6-23(5)7-9-24)25-10-12-27(35)13-11-25/h6-13,21-22,26,28-29,31H,14-20H2,1-5H3,(H,36,41)(H,37,42)/t26-,28+,29-,31?/m0/s1. The van der Waals surface area contributed by atoms with Gasteiger partial charge in [0.1, 0.15) is 11.9 Å². The van der Waals surface area contributed by atoms with Gasteiger partial charge in [0, 0.05) is 38.0 Å². The first-order chi connectivity index (χ1) is 20.4. The van der Waals surface area contributed by atoms with Crippen molar-refractivity contribution in [2.75, 3.05) is 19.6 Å². The molecule has 0 radical (unpaired) electrons. The highest BCUT2D eigenvalue weighted by Crippen LogP contribution is 2.32. The van der Waals surface area contributed by atoms with E-state index >= 15 is 0 Å². The Hall–Kier alpha value is -3.75. The number of aryl methyl sites for hydroxylation is 1. The van der Waals surface area contributed by atoms with E-state index in [9.17, 15) is 23.6 Å². The highest BCUT2D eigenvalue weighted by molar-refractivity contribution is 5.91. The van der Waals surface area contributed by atoms with Crippen molar-refractivity contribution in [1.82, 2.24) is 20.4 Å². The lowest BCUT2D eigenvalue weighted by Crippen LogP contribution is -2.57. The van der Waals surface area contributed by atoms with E-state index in [-0.39, 0.29) is 60.4 Å². The number of carbonyl (C=O) groups excluding carboxylic acids is 4. The zero-order valence-electron chi connectivity index (χ0n) is 25.9. The summed E-state index contributed by atoms with van der Waals surface area (Å²) in [6.45, 7) is 10.3. The van der Waals surface area contributed by atoms with Gasteiger partial charge in [-0.15, -0.1) is 0 Å². The van der Waals surface area contributed by atoms with E-state index in [1.165, 1.54) is 12.1 Å². The van der Waals surface area contributed by atoms with Crippen molar-refractivity contribution in [2.45, 2.75) is 78.4 Å². The molecule has 2 aliphatic rings. The topological polar surface area (TPSA) is 98.8 Å². The maximum absolute atomic E-state index is 14.2. The van der Waals surface area contributed by atoms with E-state index in [0.29, 0.717) is 32.2 Å². The van der Waals surface area contributed by atoms with Crippen molar-refractivity contribution in [1.29, 1.82) is 0 Å². The Morgan fingerprint density at radius 3 is 2.16 bits per heavy atom. The second-order valence-electron chi connectivity index (χ2n) is 12.7. The number of amides is 4. The number of hydrogen-bond donors (Lipinski definition) is 2. The quantitative estimate of drug-likeness (QED) is 0.452. The van der Waals surface area contributed by atoms with Crippen LogP contribution in [0.25, 0.3) is 0 Å². The summed E-state index contributed by atoms with van der Waals surface area (Å²) in [5.41, 5.74) is 2.67. The molecule has 2 fully saturated rings. The molecule has 2 saturated heterocycles. The second kappa shape index (κ2) is 14.1. The van der Waals surface area contributed by atoms with Gasteiger partial charge in [-0.2, -0.15) is 0 Å². The van der Waals surface area contributed by atoms with Crippen molar-refractivity contribution in [3.63, 3.8) is 0 Å². The van der Waals surface area contributed by atoms with Crippen molar-refractivity contribution in [3.8, 4) is 0 Å². The Bertz CT molecular complexity index is 1250. The van der Waals surface area contributed by atoms with E-state index in [2.05, 4.69) is 10.6 Å². The predicted molar refractivity (Wildman–Crippen MR) is 163 cm³/mol. The maximum Gasteiger partial charge on any atom is 0.243 e. The van der Waals surface area contributed by atoms with Crippen LogP contribution in [0.4, 0.5) is 4.39 Å². The normalized spacial score (nSPS) is 21.3. The lowest BCUT2D eigenvalue weighted by Gasteiger charge is -2.39. The van der Waals surface area contributed by atoms with Crippen LogP contribution in [0.5, 0.6) is 0 Å². The Morgan fingerprint density at radius 2 is 1.56 bits per heavy atom.